The fourth-order valence-corrected chi connectivity index (χ4v) is 1.71. The van der Waals surface area contributed by atoms with Crippen LogP contribution in [0, 0.1) is 0 Å². The molecule has 0 aliphatic rings. The number of hydrogen-bond acceptors (Lipinski definition) is 2. The first kappa shape index (κ1) is 16.5. The molecule has 0 saturated carbocycles. The van der Waals surface area contributed by atoms with Gasteiger partial charge in [0.1, 0.15) is 0 Å². The molecule has 4 heteroatoms. The summed E-state index contributed by atoms with van der Waals surface area (Å²) in [6.07, 6.45) is 0. The van der Waals surface area contributed by atoms with E-state index in [9.17, 15) is 0 Å². The molecule has 0 unspecified atom stereocenters. The summed E-state index contributed by atoms with van der Waals surface area (Å²) in [7, 11) is 0. The van der Waals surface area contributed by atoms with Crippen molar-refractivity contribution in [3.05, 3.63) is 35.9 Å². The molecule has 0 heterocycles. The Morgan fingerprint density at radius 3 is 2.35 bits per heavy atom. The summed E-state index contributed by atoms with van der Waals surface area (Å²) in [5, 5.41) is 10.0. The minimum absolute atomic E-state index is 0.154. The Morgan fingerprint density at radius 1 is 1.05 bits per heavy atom. The normalized spacial score (nSPS) is 12.3. The van der Waals surface area contributed by atoms with Gasteiger partial charge in [-0.15, -0.1) is 0 Å². The van der Waals surface area contributed by atoms with Gasteiger partial charge in [0.05, 0.1) is 6.54 Å². The van der Waals surface area contributed by atoms with E-state index in [0.717, 1.165) is 25.6 Å². The standard InChI is InChI=1S/C16H28N4/c1-5-17-15(18-11-12-20-16(2,3)4)19-13-14-9-7-6-8-10-14/h6-10,20H,5,11-13H2,1-4H3,(H2,17,18,19). The molecule has 0 aliphatic heterocycles. The highest BCUT2D eigenvalue weighted by atomic mass is 15.2. The van der Waals surface area contributed by atoms with Gasteiger partial charge in [-0.2, -0.15) is 0 Å². The van der Waals surface area contributed by atoms with Gasteiger partial charge in [-0.1, -0.05) is 30.3 Å². The zero-order valence-electron chi connectivity index (χ0n) is 13.2. The SMILES string of the molecule is CCNC(=NCc1ccccc1)NCCNC(C)(C)C. The minimum atomic E-state index is 0.154. The van der Waals surface area contributed by atoms with Crippen LogP contribution in [0.15, 0.2) is 35.3 Å². The quantitative estimate of drug-likeness (QED) is 0.424. The zero-order valence-corrected chi connectivity index (χ0v) is 13.2. The van der Waals surface area contributed by atoms with Gasteiger partial charge in [0.15, 0.2) is 5.96 Å². The highest BCUT2D eigenvalue weighted by Gasteiger charge is 2.07. The van der Waals surface area contributed by atoms with Gasteiger partial charge in [-0.05, 0) is 33.3 Å². The zero-order chi connectivity index (χ0) is 14.8. The first-order valence-corrected chi connectivity index (χ1v) is 7.32. The molecule has 0 spiro atoms. The summed E-state index contributed by atoms with van der Waals surface area (Å²) < 4.78 is 0. The molecule has 3 N–H and O–H groups in total. The lowest BCUT2D eigenvalue weighted by Crippen LogP contribution is -2.44. The third kappa shape index (κ3) is 7.79. The summed E-state index contributed by atoms with van der Waals surface area (Å²) in [5.41, 5.74) is 1.37. The molecule has 1 aromatic carbocycles. The molecule has 0 amide bonds. The summed E-state index contributed by atoms with van der Waals surface area (Å²) in [6.45, 7) is 11.9. The molecule has 1 aromatic rings. The summed E-state index contributed by atoms with van der Waals surface area (Å²) in [6, 6.07) is 10.3. The van der Waals surface area contributed by atoms with Crippen molar-refractivity contribution in [1.82, 2.24) is 16.0 Å². The highest BCUT2D eigenvalue weighted by molar-refractivity contribution is 5.79. The fourth-order valence-electron chi connectivity index (χ4n) is 1.71. The van der Waals surface area contributed by atoms with Crippen LogP contribution in [-0.2, 0) is 6.54 Å². The Morgan fingerprint density at radius 2 is 1.75 bits per heavy atom. The second-order valence-corrected chi connectivity index (χ2v) is 5.78. The minimum Gasteiger partial charge on any atom is -0.357 e. The Hall–Kier alpha value is -1.55. The van der Waals surface area contributed by atoms with E-state index in [4.69, 9.17) is 0 Å². The van der Waals surface area contributed by atoms with Crippen LogP contribution in [0.3, 0.4) is 0 Å². The number of rotatable bonds is 6. The number of guanidine groups is 1. The average molecular weight is 276 g/mol. The Balaban J connectivity index is 2.39. The van der Waals surface area contributed by atoms with Crippen LogP contribution in [0.5, 0.6) is 0 Å². The van der Waals surface area contributed by atoms with E-state index >= 15 is 0 Å². The van der Waals surface area contributed by atoms with Crippen molar-refractivity contribution in [2.24, 2.45) is 4.99 Å². The van der Waals surface area contributed by atoms with Crippen molar-refractivity contribution < 1.29 is 0 Å². The second kappa shape index (κ2) is 8.59. The third-order valence-electron chi connectivity index (χ3n) is 2.68. The van der Waals surface area contributed by atoms with E-state index < -0.39 is 0 Å². The van der Waals surface area contributed by atoms with E-state index in [1.165, 1.54) is 5.56 Å². The van der Waals surface area contributed by atoms with Gasteiger partial charge in [0.25, 0.3) is 0 Å². The lowest BCUT2D eigenvalue weighted by atomic mass is 10.1. The van der Waals surface area contributed by atoms with Crippen LogP contribution in [0.2, 0.25) is 0 Å². The molecule has 0 aliphatic carbocycles. The van der Waals surface area contributed by atoms with Gasteiger partial charge in [-0.3, -0.25) is 0 Å². The maximum absolute atomic E-state index is 4.58. The number of benzene rings is 1. The molecule has 0 saturated heterocycles. The summed E-state index contributed by atoms with van der Waals surface area (Å²) in [5.74, 6) is 0.868. The first-order valence-electron chi connectivity index (χ1n) is 7.32. The van der Waals surface area contributed by atoms with Crippen LogP contribution in [-0.4, -0.2) is 31.1 Å². The van der Waals surface area contributed by atoms with E-state index in [1.54, 1.807) is 0 Å². The molecule has 0 aromatic heterocycles. The lowest BCUT2D eigenvalue weighted by molar-refractivity contribution is 0.428. The van der Waals surface area contributed by atoms with Crippen LogP contribution < -0.4 is 16.0 Å². The van der Waals surface area contributed by atoms with Gasteiger partial charge in [0, 0.05) is 25.2 Å². The maximum Gasteiger partial charge on any atom is 0.191 e. The number of nitrogens with one attached hydrogen (secondary N) is 3. The first-order chi connectivity index (χ1) is 9.51. The van der Waals surface area contributed by atoms with Crippen molar-refractivity contribution in [1.29, 1.82) is 0 Å². The van der Waals surface area contributed by atoms with E-state index in [0.29, 0.717) is 6.54 Å². The molecule has 1 rings (SSSR count). The molecule has 0 fully saturated rings. The highest BCUT2D eigenvalue weighted by Crippen LogP contribution is 2.00. The number of nitrogens with zero attached hydrogens (tertiary/aromatic N) is 1. The molecule has 0 atom stereocenters. The average Bonchev–Trinajstić information content (AvgIpc) is 2.41. The van der Waals surface area contributed by atoms with Gasteiger partial charge in [0.2, 0.25) is 0 Å². The lowest BCUT2D eigenvalue weighted by Gasteiger charge is -2.21. The monoisotopic (exact) mass is 276 g/mol. The Labute approximate surface area is 123 Å². The maximum atomic E-state index is 4.58. The Kier molecular flexibility index (Phi) is 7.09. The molecular formula is C16H28N4. The summed E-state index contributed by atoms with van der Waals surface area (Å²) >= 11 is 0. The largest absolute Gasteiger partial charge is 0.357 e. The van der Waals surface area contributed by atoms with Crippen molar-refractivity contribution in [3.8, 4) is 0 Å². The van der Waals surface area contributed by atoms with E-state index in [1.807, 2.05) is 18.2 Å². The van der Waals surface area contributed by atoms with Crippen LogP contribution in [0.1, 0.15) is 33.3 Å². The van der Waals surface area contributed by atoms with Crippen LogP contribution in [0.25, 0.3) is 0 Å². The second-order valence-electron chi connectivity index (χ2n) is 5.78. The van der Waals surface area contributed by atoms with Gasteiger partial charge in [-0.25, -0.2) is 4.99 Å². The Bertz CT molecular complexity index is 393. The van der Waals surface area contributed by atoms with E-state index in [-0.39, 0.29) is 5.54 Å². The van der Waals surface area contributed by atoms with Crippen molar-refractivity contribution >= 4 is 5.96 Å². The van der Waals surface area contributed by atoms with Crippen molar-refractivity contribution in [2.75, 3.05) is 19.6 Å². The molecule has 112 valence electrons. The predicted octanol–water partition coefficient (Wildman–Crippen LogP) is 2.13. The van der Waals surface area contributed by atoms with E-state index in [2.05, 4.69) is 60.8 Å². The van der Waals surface area contributed by atoms with Crippen molar-refractivity contribution in [3.63, 3.8) is 0 Å². The predicted molar refractivity (Wildman–Crippen MR) is 87.0 cm³/mol. The van der Waals surface area contributed by atoms with Gasteiger partial charge >= 0.3 is 0 Å². The molecule has 0 bridgehead atoms. The third-order valence-corrected chi connectivity index (χ3v) is 2.68. The van der Waals surface area contributed by atoms with Crippen LogP contribution >= 0.6 is 0 Å². The molecule has 20 heavy (non-hydrogen) atoms. The number of aliphatic imine (C=N–C) groups is 1. The number of hydrogen-bond donors (Lipinski definition) is 3. The fraction of sp³-hybridized carbons (Fsp3) is 0.562. The molecular weight excluding hydrogens is 248 g/mol. The topological polar surface area (TPSA) is 48.5 Å². The molecule has 4 nitrogen and oxygen atoms in total. The molecule has 0 radical (unpaired) electrons. The smallest absolute Gasteiger partial charge is 0.191 e. The van der Waals surface area contributed by atoms with Gasteiger partial charge < -0.3 is 16.0 Å². The summed E-state index contributed by atoms with van der Waals surface area (Å²) in [4.78, 5) is 4.58. The van der Waals surface area contributed by atoms with Crippen LogP contribution in [0.4, 0.5) is 0 Å². The van der Waals surface area contributed by atoms with Crippen molar-refractivity contribution in [2.45, 2.75) is 39.8 Å².